The van der Waals surface area contributed by atoms with Gasteiger partial charge in [-0.05, 0) is 30.0 Å². The predicted molar refractivity (Wildman–Crippen MR) is 99.8 cm³/mol. The number of imidazole rings is 1. The van der Waals surface area contributed by atoms with Gasteiger partial charge in [0.25, 0.3) is 0 Å². The first kappa shape index (κ1) is 16.7. The van der Waals surface area contributed by atoms with Gasteiger partial charge in [-0.15, -0.1) is 0 Å². The number of rotatable bonds is 7. The number of anilines is 3. The van der Waals surface area contributed by atoms with Gasteiger partial charge in [-0.25, -0.2) is 4.98 Å². The number of hydrogen-bond acceptors (Lipinski definition) is 7. The van der Waals surface area contributed by atoms with Gasteiger partial charge in [-0.1, -0.05) is 31.4 Å². The molecule has 7 nitrogen and oxygen atoms in total. The molecule has 0 unspecified atom stereocenters. The predicted octanol–water partition coefficient (Wildman–Crippen LogP) is 3.61. The molecule has 3 aromatic rings. The second-order valence-corrected chi connectivity index (χ2v) is 5.97. The molecule has 0 fully saturated rings. The molecular weight excluding hydrogens is 334 g/mol. The summed E-state index contributed by atoms with van der Waals surface area (Å²) in [6, 6.07) is 9.69. The average Bonchev–Trinajstić information content (AvgIpc) is 3.00. The molecule has 0 aliphatic rings. The SMILES string of the molecule is C=CC(=C)Nc1nc(Nc2ccccc2)nc(Sc2nccn2C)n1. The standard InChI is InChI=1S/C17H17N7S/c1-4-12(2)19-14-21-15(20-13-8-6-5-7-9-13)23-16(22-14)25-17-18-10-11-24(17)3/h4-11H,1-2H2,3H3,(H2,19,20,21,22,23). The third-order valence-electron chi connectivity index (χ3n) is 3.12. The molecule has 0 aliphatic carbocycles. The molecule has 0 spiro atoms. The Morgan fingerprint density at radius 2 is 1.92 bits per heavy atom. The fourth-order valence-corrected chi connectivity index (χ4v) is 2.64. The first-order valence-electron chi connectivity index (χ1n) is 7.46. The Bertz CT molecular complexity index is 889. The van der Waals surface area contributed by atoms with Crippen molar-refractivity contribution in [3.63, 3.8) is 0 Å². The van der Waals surface area contributed by atoms with Crippen LogP contribution in [0, 0.1) is 0 Å². The zero-order chi connectivity index (χ0) is 17.6. The van der Waals surface area contributed by atoms with Crippen LogP contribution in [0.25, 0.3) is 0 Å². The quantitative estimate of drug-likeness (QED) is 0.629. The molecule has 0 aliphatic heterocycles. The summed E-state index contributed by atoms with van der Waals surface area (Å²) in [5, 5.41) is 7.47. The van der Waals surface area contributed by atoms with Crippen molar-refractivity contribution in [2.75, 3.05) is 10.6 Å². The average molecular weight is 351 g/mol. The van der Waals surface area contributed by atoms with E-state index >= 15 is 0 Å². The van der Waals surface area contributed by atoms with E-state index < -0.39 is 0 Å². The van der Waals surface area contributed by atoms with Crippen LogP contribution in [0.15, 0.2) is 78.0 Å². The lowest BCUT2D eigenvalue weighted by Crippen LogP contribution is -2.07. The van der Waals surface area contributed by atoms with Gasteiger partial charge in [0.05, 0.1) is 0 Å². The molecule has 0 bridgehead atoms. The molecule has 2 N–H and O–H groups in total. The third kappa shape index (κ3) is 4.45. The Kier molecular flexibility index (Phi) is 5.10. The first-order chi connectivity index (χ1) is 12.1. The Labute approximate surface area is 150 Å². The van der Waals surface area contributed by atoms with Crippen LogP contribution in [0.4, 0.5) is 17.6 Å². The van der Waals surface area contributed by atoms with E-state index in [1.165, 1.54) is 11.8 Å². The van der Waals surface area contributed by atoms with Gasteiger partial charge in [-0.3, -0.25) is 0 Å². The molecular formula is C17H17N7S. The molecule has 1 aromatic carbocycles. The van der Waals surface area contributed by atoms with Crippen molar-refractivity contribution in [2.24, 2.45) is 7.05 Å². The number of nitrogens with one attached hydrogen (secondary N) is 2. The van der Waals surface area contributed by atoms with Crippen LogP contribution < -0.4 is 10.6 Å². The van der Waals surface area contributed by atoms with Gasteiger partial charge in [0.2, 0.25) is 17.1 Å². The van der Waals surface area contributed by atoms with Crippen LogP contribution >= 0.6 is 11.8 Å². The fraction of sp³-hybridized carbons (Fsp3) is 0.0588. The van der Waals surface area contributed by atoms with Crippen molar-refractivity contribution in [3.05, 3.63) is 67.7 Å². The van der Waals surface area contributed by atoms with Crippen molar-refractivity contribution >= 4 is 29.3 Å². The van der Waals surface area contributed by atoms with E-state index in [1.807, 2.05) is 48.1 Å². The summed E-state index contributed by atoms with van der Waals surface area (Å²) in [5.41, 5.74) is 1.49. The lowest BCUT2D eigenvalue weighted by Gasteiger charge is -2.10. The van der Waals surface area contributed by atoms with Gasteiger partial charge in [-0.2, -0.15) is 15.0 Å². The minimum Gasteiger partial charge on any atom is -0.329 e. The van der Waals surface area contributed by atoms with E-state index in [2.05, 4.69) is 43.7 Å². The van der Waals surface area contributed by atoms with E-state index in [9.17, 15) is 0 Å². The molecule has 0 atom stereocenters. The summed E-state index contributed by atoms with van der Waals surface area (Å²) in [6.07, 6.45) is 5.19. The minimum absolute atomic E-state index is 0.384. The fourth-order valence-electron chi connectivity index (χ4n) is 1.89. The van der Waals surface area contributed by atoms with Crippen LogP contribution in [-0.4, -0.2) is 24.5 Å². The van der Waals surface area contributed by atoms with E-state index in [0.717, 1.165) is 10.8 Å². The molecule has 0 saturated heterocycles. The van der Waals surface area contributed by atoms with Gasteiger partial charge in [0.15, 0.2) is 5.16 Å². The summed E-state index contributed by atoms with van der Waals surface area (Å²) >= 11 is 1.35. The van der Waals surface area contributed by atoms with Gasteiger partial charge in [0, 0.05) is 30.8 Å². The molecule has 8 heteroatoms. The second kappa shape index (κ2) is 7.63. The molecule has 3 rings (SSSR count). The Hall–Kier alpha value is -3.13. The maximum atomic E-state index is 4.46. The Morgan fingerprint density at radius 1 is 1.16 bits per heavy atom. The Morgan fingerprint density at radius 3 is 2.60 bits per heavy atom. The molecule has 2 heterocycles. The van der Waals surface area contributed by atoms with Gasteiger partial charge >= 0.3 is 0 Å². The first-order valence-corrected chi connectivity index (χ1v) is 8.27. The number of aromatic nitrogens is 5. The zero-order valence-electron chi connectivity index (χ0n) is 13.7. The van der Waals surface area contributed by atoms with Crippen molar-refractivity contribution < 1.29 is 0 Å². The van der Waals surface area contributed by atoms with Gasteiger partial charge < -0.3 is 15.2 Å². The smallest absolute Gasteiger partial charge is 0.233 e. The molecule has 0 radical (unpaired) electrons. The number of para-hydroxylation sites is 1. The Balaban J connectivity index is 1.91. The minimum atomic E-state index is 0.384. The maximum Gasteiger partial charge on any atom is 0.233 e. The zero-order valence-corrected chi connectivity index (χ0v) is 14.5. The second-order valence-electron chi connectivity index (χ2n) is 5.03. The monoisotopic (exact) mass is 351 g/mol. The van der Waals surface area contributed by atoms with Crippen molar-refractivity contribution in [3.8, 4) is 0 Å². The summed E-state index contributed by atoms with van der Waals surface area (Å²) in [6.45, 7) is 7.50. The normalized spacial score (nSPS) is 10.3. The van der Waals surface area contributed by atoms with Crippen LogP contribution in [0.2, 0.25) is 0 Å². The molecule has 0 saturated carbocycles. The molecule has 126 valence electrons. The molecule has 25 heavy (non-hydrogen) atoms. The van der Waals surface area contributed by atoms with E-state index in [4.69, 9.17) is 0 Å². The van der Waals surface area contributed by atoms with E-state index in [0.29, 0.717) is 22.8 Å². The summed E-state index contributed by atoms with van der Waals surface area (Å²) in [5.74, 6) is 0.812. The van der Waals surface area contributed by atoms with Crippen molar-refractivity contribution in [1.29, 1.82) is 0 Å². The number of hydrogen-bond donors (Lipinski definition) is 2. The van der Waals surface area contributed by atoms with E-state index in [1.54, 1.807) is 12.3 Å². The topological polar surface area (TPSA) is 80.5 Å². The van der Waals surface area contributed by atoms with Crippen molar-refractivity contribution in [1.82, 2.24) is 24.5 Å². The summed E-state index contributed by atoms with van der Waals surface area (Å²) in [4.78, 5) is 17.5. The highest BCUT2D eigenvalue weighted by Crippen LogP contribution is 2.25. The highest BCUT2D eigenvalue weighted by molar-refractivity contribution is 7.99. The van der Waals surface area contributed by atoms with Crippen LogP contribution in [0.5, 0.6) is 0 Å². The highest BCUT2D eigenvalue weighted by atomic mass is 32.2. The molecule has 0 amide bonds. The molecule has 2 aromatic heterocycles. The lowest BCUT2D eigenvalue weighted by molar-refractivity contribution is 0.784. The number of nitrogens with zero attached hydrogens (tertiary/aromatic N) is 5. The third-order valence-corrected chi connectivity index (χ3v) is 4.06. The van der Waals surface area contributed by atoms with Crippen LogP contribution in [0.3, 0.4) is 0 Å². The van der Waals surface area contributed by atoms with Crippen LogP contribution in [0.1, 0.15) is 0 Å². The van der Waals surface area contributed by atoms with Crippen molar-refractivity contribution in [2.45, 2.75) is 10.3 Å². The number of aryl methyl sites for hydroxylation is 1. The maximum absolute atomic E-state index is 4.46. The summed E-state index contributed by atoms with van der Waals surface area (Å²) in [7, 11) is 1.92. The highest BCUT2D eigenvalue weighted by Gasteiger charge is 2.11. The largest absolute Gasteiger partial charge is 0.329 e. The number of benzene rings is 1. The number of allylic oxidation sites excluding steroid dienone is 1. The lowest BCUT2D eigenvalue weighted by atomic mass is 10.3. The van der Waals surface area contributed by atoms with Crippen LogP contribution in [-0.2, 0) is 7.05 Å². The van der Waals surface area contributed by atoms with Gasteiger partial charge in [0.1, 0.15) is 0 Å². The van der Waals surface area contributed by atoms with E-state index in [-0.39, 0.29) is 0 Å². The summed E-state index contributed by atoms with van der Waals surface area (Å²) < 4.78 is 1.90.